The Bertz CT molecular complexity index is 2090. The van der Waals surface area contributed by atoms with Gasteiger partial charge in [0.2, 0.25) is 0 Å². The molecule has 1 aliphatic carbocycles. The molecule has 0 atom stereocenters. The van der Waals surface area contributed by atoms with Crippen molar-refractivity contribution in [3.63, 3.8) is 0 Å². The van der Waals surface area contributed by atoms with E-state index in [9.17, 15) is 0 Å². The second kappa shape index (κ2) is 13.6. The predicted molar refractivity (Wildman–Crippen MR) is 204 cm³/mol. The predicted octanol–water partition coefficient (Wildman–Crippen LogP) is 13.0. The standard InChI is InChI=1S/C45H38N2/c1-3-15-42-34(4-2)17-13-24-44(42)46(38-19-7-5-8-20-38)40-30-26-35(27-31-40)36-28-32-41(33-29-36)47(39-21-9-6-10-22-39)45-25-14-18-37-16-11-12-23-43(37)45/h3-5,7-9,11-33H,2,6,10H2,1H3/b15-3-. The molecule has 0 bridgehead atoms. The van der Waals surface area contributed by atoms with E-state index < -0.39 is 0 Å². The first-order valence-electron chi connectivity index (χ1n) is 16.3. The van der Waals surface area contributed by atoms with Crippen LogP contribution in [0.4, 0.5) is 28.4 Å². The first-order chi connectivity index (χ1) is 23.2. The third kappa shape index (κ3) is 6.06. The van der Waals surface area contributed by atoms with Gasteiger partial charge in [-0.05, 0) is 96.4 Å². The van der Waals surface area contributed by atoms with E-state index in [4.69, 9.17) is 0 Å². The highest BCUT2D eigenvalue weighted by atomic mass is 15.2. The van der Waals surface area contributed by atoms with Crippen LogP contribution in [0.5, 0.6) is 0 Å². The molecule has 0 aliphatic heterocycles. The van der Waals surface area contributed by atoms with Gasteiger partial charge in [-0.25, -0.2) is 0 Å². The molecule has 0 N–H and O–H groups in total. The highest BCUT2D eigenvalue weighted by molar-refractivity contribution is 5.97. The summed E-state index contributed by atoms with van der Waals surface area (Å²) >= 11 is 0. The zero-order chi connectivity index (χ0) is 32.0. The molecular formula is C45H38N2. The van der Waals surface area contributed by atoms with Crippen molar-refractivity contribution in [3.05, 3.63) is 187 Å². The van der Waals surface area contributed by atoms with E-state index >= 15 is 0 Å². The van der Waals surface area contributed by atoms with Crippen molar-refractivity contribution >= 4 is 51.4 Å². The number of hydrogen-bond acceptors (Lipinski definition) is 2. The van der Waals surface area contributed by atoms with Crippen LogP contribution in [0.3, 0.4) is 0 Å². The van der Waals surface area contributed by atoms with Crippen molar-refractivity contribution in [2.24, 2.45) is 0 Å². The number of hydrogen-bond donors (Lipinski definition) is 0. The highest BCUT2D eigenvalue weighted by Crippen LogP contribution is 2.40. The Hall–Kier alpha value is -5.86. The van der Waals surface area contributed by atoms with Crippen LogP contribution in [0.15, 0.2) is 176 Å². The minimum absolute atomic E-state index is 1.05. The molecule has 0 saturated heterocycles. The zero-order valence-electron chi connectivity index (χ0n) is 26.8. The lowest BCUT2D eigenvalue weighted by atomic mass is 10.0. The summed E-state index contributed by atoms with van der Waals surface area (Å²) in [6.07, 6.45) is 15.2. The number of rotatable bonds is 9. The summed E-state index contributed by atoms with van der Waals surface area (Å²) < 4.78 is 0. The normalized spacial score (nSPS) is 12.7. The third-order valence-electron chi connectivity index (χ3n) is 8.75. The molecule has 0 heterocycles. The van der Waals surface area contributed by atoms with Crippen molar-refractivity contribution in [1.82, 2.24) is 0 Å². The monoisotopic (exact) mass is 606 g/mol. The van der Waals surface area contributed by atoms with Gasteiger partial charge < -0.3 is 9.80 Å². The number of nitrogens with zero attached hydrogens (tertiary/aromatic N) is 2. The molecule has 0 saturated carbocycles. The molecule has 2 nitrogen and oxygen atoms in total. The van der Waals surface area contributed by atoms with Crippen LogP contribution in [-0.4, -0.2) is 0 Å². The van der Waals surface area contributed by atoms with Crippen LogP contribution in [-0.2, 0) is 0 Å². The van der Waals surface area contributed by atoms with Gasteiger partial charge >= 0.3 is 0 Å². The van der Waals surface area contributed by atoms with E-state index in [2.05, 4.69) is 193 Å². The lowest BCUT2D eigenvalue weighted by Crippen LogP contribution is -2.16. The molecular weight excluding hydrogens is 569 g/mol. The number of anilines is 5. The Morgan fingerprint density at radius 1 is 0.574 bits per heavy atom. The van der Waals surface area contributed by atoms with Crippen molar-refractivity contribution in [3.8, 4) is 11.1 Å². The minimum Gasteiger partial charge on any atom is -0.310 e. The second-order valence-corrected chi connectivity index (χ2v) is 11.7. The van der Waals surface area contributed by atoms with Crippen LogP contribution >= 0.6 is 0 Å². The molecule has 47 heavy (non-hydrogen) atoms. The summed E-state index contributed by atoms with van der Waals surface area (Å²) in [7, 11) is 0. The number of benzene rings is 6. The molecule has 6 aromatic carbocycles. The Morgan fingerprint density at radius 3 is 1.87 bits per heavy atom. The molecule has 1 aliphatic rings. The Balaban J connectivity index is 1.25. The molecule has 0 fully saturated rings. The fourth-order valence-corrected chi connectivity index (χ4v) is 6.50. The molecule has 0 amide bonds. The van der Waals surface area contributed by atoms with Crippen LogP contribution in [0, 0.1) is 0 Å². The summed E-state index contributed by atoms with van der Waals surface area (Å²) in [6, 6.07) is 50.0. The molecule has 7 rings (SSSR count). The van der Waals surface area contributed by atoms with Gasteiger partial charge in [0.15, 0.2) is 0 Å². The topological polar surface area (TPSA) is 6.48 Å². The minimum atomic E-state index is 1.05. The van der Waals surface area contributed by atoms with Crippen molar-refractivity contribution in [1.29, 1.82) is 0 Å². The molecule has 0 unspecified atom stereocenters. The van der Waals surface area contributed by atoms with Crippen LogP contribution in [0.1, 0.15) is 30.9 Å². The summed E-state index contributed by atoms with van der Waals surface area (Å²) in [5.41, 5.74) is 11.5. The van der Waals surface area contributed by atoms with Crippen molar-refractivity contribution in [2.45, 2.75) is 19.8 Å². The summed E-state index contributed by atoms with van der Waals surface area (Å²) in [4.78, 5) is 4.71. The van der Waals surface area contributed by atoms with Gasteiger partial charge in [-0.3, -0.25) is 0 Å². The lowest BCUT2D eigenvalue weighted by Gasteiger charge is -2.29. The van der Waals surface area contributed by atoms with Gasteiger partial charge in [0.05, 0.1) is 11.4 Å². The molecule has 0 spiro atoms. The summed E-state index contributed by atoms with van der Waals surface area (Å²) in [5, 5.41) is 2.49. The SMILES string of the molecule is C=Cc1cccc(N(c2ccccc2)c2ccc(-c3ccc(N(C4=CCCC=C4)c4cccc5ccccc45)cc3)cc2)c1/C=C\C. The highest BCUT2D eigenvalue weighted by Gasteiger charge is 2.18. The summed E-state index contributed by atoms with van der Waals surface area (Å²) in [5.74, 6) is 0. The maximum Gasteiger partial charge on any atom is 0.0539 e. The maximum atomic E-state index is 4.08. The third-order valence-corrected chi connectivity index (χ3v) is 8.75. The van der Waals surface area contributed by atoms with Gasteiger partial charge in [-0.1, -0.05) is 128 Å². The van der Waals surface area contributed by atoms with Gasteiger partial charge in [-0.15, -0.1) is 0 Å². The number of allylic oxidation sites excluding steroid dienone is 4. The lowest BCUT2D eigenvalue weighted by molar-refractivity contribution is 0.998. The maximum absolute atomic E-state index is 4.08. The van der Waals surface area contributed by atoms with E-state index in [0.29, 0.717) is 0 Å². The quantitative estimate of drug-likeness (QED) is 0.162. The van der Waals surface area contributed by atoms with Crippen LogP contribution in [0.2, 0.25) is 0 Å². The van der Waals surface area contributed by atoms with E-state index in [-0.39, 0.29) is 0 Å². The van der Waals surface area contributed by atoms with E-state index in [1.807, 2.05) is 6.08 Å². The number of fused-ring (bicyclic) bond motifs is 1. The second-order valence-electron chi connectivity index (χ2n) is 11.7. The smallest absolute Gasteiger partial charge is 0.0539 e. The van der Waals surface area contributed by atoms with Crippen molar-refractivity contribution in [2.75, 3.05) is 9.80 Å². The average Bonchev–Trinajstić information content (AvgIpc) is 3.14. The number of para-hydroxylation sites is 1. The van der Waals surface area contributed by atoms with E-state index in [1.165, 1.54) is 33.3 Å². The fourth-order valence-electron chi connectivity index (χ4n) is 6.50. The van der Waals surface area contributed by atoms with Gasteiger partial charge in [-0.2, -0.15) is 0 Å². The Morgan fingerprint density at radius 2 is 1.19 bits per heavy atom. The molecule has 6 aromatic rings. The van der Waals surface area contributed by atoms with Crippen LogP contribution < -0.4 is 9.80 Å². The molecule has 0 radical (unpaired) electrons. The van der Waals surface area contributed by atoms with Gasteiger partial charge in [0, 0.05) is 33.7 Å². The summed E-state index contributed by atoms with van der Waals surface area (Å²) in [6.45, 7) is 6.13. The Labute approximate surface area is 278 Å². The van der Waals surface area contributed by atoms with Gasteiger partial charge in [0.25, 0.3) is 0 Å². The zero-order valence-corrected chi connectivity index (χ0v) is 26.8. The van der Waals surface area contributed by atoms with E-state index in [1.54, 1.807) is 0 Å². The molecule has 228 valence electrons. The average molecular weight is 607 g/mol. The first kappa shape index (κ1) is 29.8. The molecule has 2 heteroatoms. The molecule has 0 aromatic heterocycles. The fraction of sp³-hybridized carbons (Fsp3) is 0.0667. The first-order valence-corrected chi connectivity index (χ1v) is 16.3. The van der Waals surface area contributed by atoms with E-state index in [0.717, 1.165) is 46.7 Å². The van der Waals surface area contributed by atoms with Gasteiger partial charge in [0.1, 0.15) is 0 Å². The van der Waals surface area contributed by atoms with Crippen molar-refractivity contribution < 1.29 is 0 Å². The largest absolute Gasteiger partial charge is 0.310 e. The Kier molecular flexibility index (Phi) is 8.66. The van der Waals surface area contributed by atoms with Crippen LogP contribution in [0.25, 0.3) is 34.1 Å².